The van der Waals surface area contributed by atoms with E-state index in [0.717, 1.165) is 60.6 Å². The maximum atomic E-state index is 5.53. The van der Waals surface area contributed by atoms with Crippen molar-refractivity contribution in [2.45, 2.75) is 32.2 Å². The van der Waals surface area contributed by atoms with Crippen LogP contribution in [0.2, 0.25) is 0 Å². The molecular formula is C20H21N7O. The van der Waals surface area contributed by atoms with Gasteiger partial charge in [-0.1, -0.05) is 6.92 Å². The van der Waals surface area contributed by atoms with Crippen LogP contribution < -0.4 is 0 Å². The van der Waals surface area contributed by atoms with Crippen LogP contribution in [0.25, 0.3) is 28.4 Å². The third-order valence-electron chi connectivity index (χ3n) is 5.15. The van der Waals surface area contributed by atoms with Gasteiger partial charge in [-0.2, -0.15) is 14.9 Å². The molecule has 0 N–H and O–H groups in total. The van der Waals surface area contributed by atoms with Gasteiger partial charge >= 0.3 is 0 Å². The van der Waals surface area contributed by atoms with E-state index in [1.165, 1.54) is 0 Å². The van der Waals surface area contributed by atoms with E-state index >= 15 is 0 Å². The molecule has 0 amide bonds. The van der Waals surface area contributed by atoms with Crippen LogP contribution in [0.15, 0.2) is 42.9 Å². The van der Waals surface area contributed by atoms with Crippen LogP contribution in [-0.2, 0) is 11.2 Å². The summed E-state index contributed by atoms with van der Waals surface area (Å²) < 4.78 is 9.34. The Morgan fingerprint density at radius 3 is 2.68 bits per heavy atom. The largest absolute Gasteiger partial charge is 0.381 e. The molecule has 0 bridgehead atoms. The molecule has 4 aromatic rings. The van der Waals surface area contributed by atoms with Crippen LogP contribution in [0, 0.1) is 0 Å². The van der Waals surface area contributed by atoms with Crippen LogP contribution in [0.3, 0.4) is 0 Å². The lowest BCUT2D eigenvalue weighted by molar-refractivity contribution is 0.0672. The van der Waals surface area contributed by atoms with Crippen molar-refractivity contribution in [3.05, 3.63) is 48.5 Å². The molecule has 1 fully saturated rings. The van der Waals surface area contributed by atoms with Gasteiger partial charge in [-0.25, -0.2) is 19.6 Å². The van der Waals surface area contributed by atoms with Gasteiger partial charge in [0.05, 0.1) is 29.3 Å². The Bertz CT molecular complexity index is 1100. The molecule has 142 valence electrons. The molecule has 5 rings (SSSR count). The molecule has 5 heterocycles. The fraction of sp³-hybridized carbons (Fsp3) is 0.350. The maximum absolute atomic E-state index is 5.53. The summed E-state index contributed by atoms with van der Waals surface area (Å²) in [7, 11) is 0. The molecular weight excluding hydrogens is 354 g/mol. The standard InChI is InChI=1S/C20H21N7O/c1-2-16-15-4-5-17(18-6-11-23-27(18)20-21-9-3-10-22-20)24-19(15)26(25-16)14-7-12-28-13-8-14/h3-6,9-11,14H,2,7-8,12-13H2,1H3. The van der Waals surface area contributed by atoms with E-state index in [0.29, 0.717) is 12.0 Å². The number of aryl methyl sites for hydroxylation is 1. The normalized spacial score (nSPS) is 15.3. The zero-order valence-electron chi connectivity index (χ0n) is 15.7. The molecule has 1 saturated heterocycles. The lowest BCUT2D eigenvalue weighted by atomic mass is 10.1. The molecule has 0 radical (unpaired) electrons. The topological polar surface area (TPSA) is 83.5 Å². The van der Waals surface area contributed by atoms with Crippen molar-refractivity contribution in [3.8, 4) is 17.3 Å². The van der Waals surface area contributed by atoms with Crippen molar-refractivity contribution in [1.82, 2.24) is 34.5 Å². The highest BCUT2D eigenvalue weighted by Crippen LogP contribution is 2.29. The number of aromatic nitrogens is 7. The molecule has 0 aromatic carbocycles. The zero-order valence-corrected chi connectivity index (χ0v) is 15.7. The summed E-state index contributed by atoms with van der Waals surface area (Å²) in [6, 6.07) is 8.17. The first kappa shape index (κ1) is 17.0. The molecule has 0 unspecified atom stereocenters. The van der Waals surface area contributed by atoms with Gasteiger partial charge in [0.2, 0.25) is 0 Å². The zero-order chi connectivity index (χ0) is 18.9. The van der Waals surface area contributed by atoms with Crippen LogP contribution in [-0.4, -0.2) is 47.7 Å². The van der Waals surface area contributed by atoms with E-state index in [2.05, 4.69) is 32.7 Å². The van der Waals surface area contributed by atoms with Crippen LogP contribution >= 0.6 is 0 Å². The van der Waals surface area contributed by atoms with Crippen molar-refractivity contribution in [2.24, 2.45) is 0 Å². The molecule has 28 heavy (non-hydrogen) atoms. The first-order chi connectivity index (χ1) is 13.8. The average molecular weight is 375 g/mol. The number of pyridine rings is 1. The molecule has 8 heteroatoms. The Kier molecular flexibility index (Phi) is 4.32. The summed E-state index contributed by atoms with van der Waals surface area (Å²) in [5, 5.41) is 10.4. The Morgan fingerprint density at radius 2 is 1.89 bits per heavy atom. The second-order valence-corrected chi connectivity index (χ2v) is 6.83. The molecule has 0 saturated carbocycles. The summed E-state index contributed by atoms with van der Waals surface area (Å²) >= 11 is 0. The predicted octanol–water partition coefficient (Wildman–Crippen LogP) is 2.99. The summed E-state index contributed by atoms with van der Waals surface area (Å²) in [5.74, 6) is 0.525. The quantitative estimate of drug-likeness (QED) is 0.545. The third kappa shape index (κ3) is 2.86. The van der Waals surface area contributed by atoms with E-state index in [1.54, 1.807) is 29.3 Å². The second-order valence-electron chi connectivity index (χ2n) is 6.83. The van der Waals surface area contributed by atoms with Gasteiger partial charge < -0.3 is 4.74 Å². The highest BCUT2D eigenvalue weighted by atomic mass is 16.5. The summed E-state index contributed by atoms with van der Waals surface area (Å²) in [4.78, 5) is 13.6. The van der Waals surface area contributed by atoms with Gasteiger partial charge in [0.25, 0.3) is 5.95 Å². The first-order valence-corrected chi connectivity index (χ1v) is 9.63. The first-order valence-electron chi connectivity index (χ1n) is 9.63. The van der Waals surface area contributed by atoms with E-state index in [-0.39, 0.29) is 0 Å². The number of hydrogen-bond acceptors (Lipinski definition) is 6. The Hall–Kier alpha value is -3.13. The number of rotatable bonds is 4. The molecule has 8 nitrogen and oxygen atoms in total. The average Bonchev–Trinajstić information content (AvgIpc) is 3.39. The van der Waals surface area contributed by atoms with Gasteiger partial charge in [0, 0.05) is 31.0 Å². The van der Waals surface area contributed by atoms with E-state index in [1.807, 2.05) is 12.1 Å². The fourth-order valence-electron chi connectivity index (χ4n) is 3.72. The SMILES string of the molecule is CCc1nn(C2CCOCC2)c2nc(-c3ccnn3-c3ncccn3)ccc12. The van der Waals surface area contributed by atoms with Gasteiger partial charge in [-0.15, -0.1) is 0 Å². The Labute approximate surface area is 162 Å². The minimum absolute atomic E-state index is 0.321. The van der Waals surface area contributed by atoms with E-state index in [9.17, 15) is 0 Å². The lowest BCUT2D eigenvalue weighted by Crippen LogP contribution is -2.21. The van der Waals surface area contributed by atoms with Crippen molar-refractivity contribution in [3.63, 3.8) is 0 Å². The van der Waals surface area contributed by atoms with Crippen LogP contribution in [0.1, 0.15) is 31.5 Å². The second kappa shape index (κ2) is 7.12. The molecule has 0 spiro atoms. The van der Waals surface area contributed by atoms with E-state index in [4.69, 9.17) is 14.8 Å². The van der Waals surface area contributed by atoms with Gasteiger partial charge in [-0.05, 0) is 43.5 Å². The van der Waals surface area contributed by atoms with Crippen molar-refractivity contribution in [1.29, 1.82) is 0 Å². The summed E-state index contributed by atoms with van der Waals surface area (Å²) in [6.07, 6.45) is 7.95. The van der Waals surface area contributed by atoms with Crippen molar-refractivity contribution < 1.29 is 4.74 Å². The van der Waals surface area contributed by atoms with Crippen molar-refractivity contribution >= 4 is 11.0 Å². The third-order valence-corrected chi connectivity index (χ3v) is 5.15. The van der Waals surface area contributed by atoms with Crippen LogP contribution in [0.4, 0.5) is 0 Å². The Balaban J connectivity index is 1.63. The highest BCUT2D eigenvalue weighted by Gasteiger charge is 2.22. The minimum atomic E-state index is 0.321. The Morgan fingerprint density at radius 1 is 1.07 bits per heavy atom. The number of ether oxygens (including phenoxy) is 1. The highest BCUT2D eigenvalue weighted by molar-refractivity contribution is 5.81. The van der Waals surface area contributed by atoms with E-state index < -0.39 is 0 Å². The van der Waals surface area contributed by atoms with Crippen LogP contribution in [0.5, 0.6) is 0 Å². The summed E-state index contributed by atoms with van der Waals surface area (Å²) in [6.45, 7) is 3.67. The predicted molar refractivity (Wildman–Crippen MR) is 104 cm³/mol. The number of hydrogen-bond donors (Lipinski definition) is 0. The maximum Gasteiger partial charge on any atom is 0.251 e. The van der Waals surface area contributed by atoms with Gasteiger partial charge in [-0.3, -0.25) is 0 Å². The monoisotopic (exact) mass is 375 g/mol. The number of fused-ring (bicyclic) bond motifs is 1. The molecule has 0 aliphatic carbocycles. The molecule has 4 aromatic heterocycles. The lowest BCUT2D eigenvalue weighted by Gasteiger charge is -2.22. The van der Waals surface area contributed by atoms with Gasteiger partial charge in [0.1, 0.15) is 0 Å². The molecule has 0 atom stereocenters. The smallest absolute Gasteiger partial charge is 0.251 e. The summed E-state index contributed by atoms with van der Waals surface area (Å²) in [5.41, 5.74) is 3.68. The fourth-order valence-corrected chi connectivity index (χ4v) is 3.72. The molecule has 1 aliphatic heterocycles. The van der Waals surface area contributed by atoms with Gasteiger partial charge in [0.15, 0.2) is 5.65 Å². The van der Waals surface area contributed by atoms with Crippen molar-refractivity contribution in [2.75, 3.05) is 13.2 Å². The number of nitrogens with zero attached hydrogens (tertiary/aromatic N) is 7. The molecule has 1 aliphatic rings. The minimum Gasteiger partial charge on any atom is -0.381 e.